The highest BCUT2D eigenvalue weighted by Gasteiger charge is 2.35. The van der Waals surface area contributed by atoms with Crippen molar-refractivity contribution in [1.29, 1.82) is 0 Å². The number of aromatic nitrogens is 4. The van der Waals surface area contributed by atoms with Gasteiger partial charge in [0.05, 0.1) is 27.9 Å². The predicted molar refractivity (Wildman–Crippen MR) is 92.6 cm³/mol. The Hall–Kier alpha value is -3.43. The minimum absolute atomic E-state index is 0.0539. The number of benzene rings is 1. The van der Waals surface area contributed by atoms with Gasteiger partial charge in [-0.25, -0.2) is 9.97 Å². The third kappa shape index (κ3) is 3.65. The van der Waals surface area contributed by atoms with Gasteiger partial charge in [-0.1, -0.05) is 0 Å². The first-order chi connectivity index (χ1) is 13.6. The zero-order valence-electron chi connectivity index (χ0n) is 14.3. The van der Waals surface area contributed by atoms with E-state index in [1.807, 2.05) is 0 Å². The summed E-state index contributed by atoms with van der Waals surface area (Å²) in [4.78, 5) is 14.7. The fourth-order valence-electron chi connectivity index (χ4n) is 2.85. The maximum atomic E-state index is 13.4. The van der Waals surface area contributed by atoms with Crippen LogP contribution in [-0.4, -0.2) is 19.9 Å². The Bertz CT molecular complexity index is 1180. The van der Waals surface area contributed by atoms with Crippen molar-refractivity contribution in [3.05, 3.63) is 66.0 Å². The standard InChI is InChI=1S/C19H10F6N4/c20-18(21,22)11-3-5-13-15(8-11)29-17(28-13)14-6-4-12(19(23,24)25)16(27-14)10-2-1-7-26-9-10/h1-9H,(H,28,29). The van der Waals surface area contributed by atoms with Gasteiger partial charge in [0.15, 0.2) is 5.82 Å². The molecule has 0 spiro atoms. The van der Waals surface area contributed by atoms with Crippen molar-refractivity contribution in [2.75, 3.05) is 0 Å². The molecule has 10 heteroatoms. The molecule has 0 aliphatic rings. The van der Waals surface area contributed by atoms with Gasteiger partial charge >= 0.3 is 12.4 Å². The van der Waals surface area contributed by atoms with E-state index in [1.54, 1.807) is 0 Å². The first-order valence-corrected chi connectivity index (χ1v) is 8.19. The lowest BCUT2D eigenvalue weighted by molar-refractivity contribution is -0.138. The van der Waals surface area contributed by atoms with Crippen molar-refractivity contribution in [3.8, 4) is 22.8 Å². The fraction of sp³-hybridized carbons (Fsp3) is 0.105. The number of rotatable bonds is 2. The van der Waals surface area contributed by atoms with Crippen LogP contribution in [0.4, 0.5) is 26.3 Å². The molecule has 1 aromatic carbocycles. The quantitative estimate of drug-likeness (QED) is 0.432. The van der Waals surface area contributed by atoms with Gasteiger partial charge in [0.25, 0.3) is 0 Å². The normalized spacial score (nSPS) is 12.5. The fourth-order valence-corrected chi connectivity index (χ4v) is 2.85. The average Bonchev–Trinajstić information content (AvgIpc) is 3.10. The van der Waals surface area contributed by atoms with E-state index < -0.39 is 23.5 Å². The minimum Gasteiger partial charge on any atom is -0.337 e. The molecule has 0 amide bonds. The highest BCUT2D eigenvalue weighted by molar-refractivity contribution is 5.80. The topological polar surface area (TPSA) is 54.5 Å². The van der Waals surface area contributed by atoms with Crippen LogP contribution in [0.3, 0.4) is 0 Å². The maximum Gasteiger partial charge on any atom is 0.418 e. The molecule has 3 heterocycles. The van der Waals surface area contributed by atoms with Crippen LogP contribution in [0.25, 0.3) is 33.8 Å². The minimum atomic E-state index is -4.65. The first kappa shape index (κ1) is 18.9. The van der Waals surface area contributed by atoms with Gasteiger partial charge in [-0.15, -0.1) is 0 Å². The van der Waals surface area contributed by atoms with Gasteiger partial charge < -0.3 is 4.98 Å². The number of aromatic amines is 1. The number of fused-ring (bicyclic) bond motifs is 1. The summed E-state index contributed by atoms with van der Waals surface area (Å²) in [5.74, 6) is 0.0539. The number of nitrogens with one attached hydrogen (secondary N) is 1. The molecule has 4 aromatic rings. The summed E-state index contributed by atoms with van der Waals surface area (Å²) in [5.41, 5.74) is -1.63. The molecule has 4 nitrogen and oxygen atoms in total. The number of H-pyrrole nitrogens is 1. The first-order valence-electron chi connectivity index (χ1n) is 8.19. The smallest absolute Gasteiger partial charge is 0.337 e. The van der Waals surface area contributed by atoms with E-state index in [0.717, 1.165) is 24.3 Å². The molecular formula is C19H10F6N4. The second kappa shape index (κ2) is 6.57. The number of hydrogen-bond acceptors (Lipinski definition) is 3. The summed E-state index contributed by atoms with van der Waals surface area (Å²) in [5, 5.41) is 0. The van der Waals surface area contributed by atoms with Gasteiger partial charge in [0.2, 0.25) is 0 Å². The lowest BCUT2D eigenvalue weighted by Gasteiger charge is -2.13. The third-order valence-electron chi connectivity index (χ3n) is 4.19. The summed E-state index contributed by atoms with van der Waals surface area (Å²) < 4.78 is 78.9. The number of hydrogen-bond donors (Lipinski definition) is 1. The summed E-state index contributed by atoms with van der Waals surface area (Å²) in [6.07, 6.45) is -6.51. The highest BCUT2D eigenvalue weighted by atomic mass is 19.4. The number of imidazole rings is 1. The van der Waals surface area contributed by atoms with Crippen LogP contribution in [0.5, 0.6) is 0 Å². The SMILES string of the molecule is FC(F)(F)c1ccc2nc(-c3ccc(C(F)(F)F)c(-c4cccnc4)n3)[nH]c2c1. The monoisotopic (exact) mass is 408 g/mol. The summed E-state index contributed by atoms with van der Waals surface area (Å²) in [7, 11) is 0. The van der Waals surface area contributed by atoms with Crippen molar-refractivity contribution in [3.63, 3.8) is 0 Å². The Kier molecular flexibility index (Phi) is 4.29. The van der Waals surface area contributed by atoms with Gasteiger partial charge in [-0.2, -0.15) is 26.3 Å². The number of pyridine rings is 2. The summed E-state index contributed by atoms with van der Waals surface area (Å²) in [6, 6.07) is 7.84. The molecule has 1 N–H and O–H groups in total. The van der Waals surface area contributed by atoms with Crippen molar-refractivity contribution >= 4 is 11.0 Å². The average molecular weight is 408 g/mol. The van der Waals surface area contributed by atoms with Crippen molar-refractivity contribution < 1.29 is 26.3 Å². The lowest BCUT2D eigenvalue weighted by atomic mass is 10.1. The van der Waals surface area contributed by atoms with Crippen LogP contribution >= 0.6 is 0 Å². The third-order valence-corrected chi connectivity index (χ3v) is 4.19. The lowest BCUT2D eigenvalue weighted by Crippen LogP contribution is -2.09. The van der Waals surface area contributed by atoms with Crippen molar-refractivity contribution in [2.45, 2.75) is 12.4 Å². The van der Waals surface area contributed by atoms with E-state index in [2.05, 4.69) is 19.9 Å². The molecule has 0 atom stereocenters. The Labute approximate surface area is 159 Å². The molecule has 0 aliphatic heterocycles. The number of nitrogens with zero attached hydrogens (tertiary/aromatic N) is 3. The Morgan fingerprint density at radius 2 is 1.62 bits per heavy atom. The summed E-state index contributed by atoms with van der Waals surface area (Å²) >= 11 is 0. The molecular weight excluding hydrogens is 398 g/mol. The Morgan fingerprint density at radius 3 is 2.28 bits per heavy atom. The molecule has 0 unspecified atom stereocenters. The van der Waals surface area contributed by atoms with Crippen LogP contribution in [-0.2, 0) is 12.4 Å². The molecule has 0 saturated heterocycles. The van der Waals surface area contributed by atoms with E-state index in [4.69, 9.17) is 0 Å². The second-order valence-corrected chi connectivity index (χ2v) is 6.15. The van der Waals surface area contributed by atoms with Gasteiger partial charge in [0, 0.05) is 18.0 Å². The molecule has 0 aliphatic carbocycles. The number of halogens is 6. The maximum absolute atomic E-state index is 13.4. The molecule has 29 heavy (non-hydrogen) atoms. The Balaban J connectivity index is 1.85. The van der Waals surface area contributed by atoms with Crippen LogP contribution in [0.1, 0.15) is 11.1 Å². The molecule has 0 fully saturated rings. The predicted octanol–water partition coefficient (Wildman–Crippen LogP) is 5.72. The number of alkyl halides is 6. The van der Waals surface area contributed by atoms with Crippen molar-refractivity contribution in [1.82, 2.24) is 19.9 Å². The van der Waals surface area contributed by atoms with Crippen LogP contribution in [0.15, 0.2) is 54.9 Å². The Morgan fingerprint density at radius 1 is 0.828 bits per heavy atom. The van der Waals surface area contributed by atoms with Crippen LogP contribution < -0.4 is 0 Å². The zero-order valence-corrected chi connectivity index (χ0v) is 14.3. The van der Waals surface area contributed by atoms with Gasteiger partial charge in [-0.3, -0.25) is 4.98 Å². The van der Waals surface area contributed by atoms with Crippen LogP contribution in [0, 0.1) is 0 Å². The molecule has 4 rings (SSSR count). The van der Waals surface area contributed by atoms with Gasteiger partial charge in [-0.05, 0) is 42.5 Å². The molecule has 0 bridgehead atoms. The summed E-state index contributed by atoms with van der Waals surface area (Å²) in [6.45, 7) is 0. The molecule has 148 valence electrons. The molecule has 3 aromatic heterocycles. The van der Waals surface area contributed by atoms with E-state index in [9.17, 15) is 26.3 Å². The van der Waals surface area contributed by atoms with Gasteiger partial charge in [0.1, 0.15) is 5.69 Å². The van der Waals surface area contributed by atoms with E-state index in [1.165, 1.54) is 30.6 Å². The zero-order chi connectivity index (χ0) is 20.8. The largest absolute Gasteiger partial charge is 0.418 e. The molecule has 0 radical (unpaired) electrons. The highest BCUT2D eigenvalue weighted by Crippen LogP contribution is 2.37. The van der Waals surface area contributed by atoms with Crippen molar-refractivity contribution in [2.24, 2.45) is 0 Å². The second-order valence-electron chi connectivity index (χ2n) is 6.15. The van der Waals surface area contributed by atoms with E-state index >= 15 is 0 Å². The van der Waals surface area contributed by atoms with Crippen LogP contribution in [0.2, 0.25) is 0 Å². The van der Waals surface area contributed by atoms with E-state index in [0.29, 0.717) is 0 Å². The van der Waals surface area contributed by atoms with E-state index in [-0.39, 0.29) is 33.8 Å². The molecule has 0 saturated carbocycles.